The van der Waals surface area contributed by atoms with Gasteiger partial charge < -0.3 is 15.4 Å². The maximum absolute atomic E-state index is 12.0. The molecule has 1 aliphatic carbocycles. The van der Waals surface area contributed by atoms with Gasteiger partial charge in [0.05, 0.1) is 19.3 Å². The normalized spacial score (nSPS) is 19.1. The largest absolute Gasteiger partial charge is 0.495 e. The van der Waals surface area contributed by atoms with Crippen LogP contribution >= 0.6 is 0 Å². The second-order valence-corrected chi connectivity index (χ2v) is 6.88. The Morgan fingerprint density at radius 3 is 2.38 bits per heavy atom. The highest BCUT2D eigenvalue weighted by Crippen LogP contribution is 2.67. The fraction of sp³-hybridized carbons (Fsp3) is 0.588. The number of rotatable bonds is 6. The molecule has 0 heterocycles. The Labute approximate surface area is 127 Å². The molecule has 1 aromatic rings. The van der Waals surface area contributed by atoms with E-state index in [1.54, 1.807) is 7.11 Å². The zero-order chi connectivity index (χ0) is 15.7. The lowest BCUT2D eigenvalue weighted by atomic mass is 10.0. The summed E-state index contributed by atoms with van der Waals surface area (Å²) in [6, 6.07) is 7.42. The van der Waals surface area contributed by atoms with Gasteiger partial charge in [-0.1, -0.05) is 39.8 Å². The summed E-state index contributed by atoms with van der Waals surface area (Å²) in [5, 5.41) is 6.13. The molecule has 1 aliphatic rings. The highest BCUT2D eigenvalue weighted by atomic mass is 16.5. The topological polar surface area (TPSA) is 50.4 Å². The van der Waals surface area contributed by atoms with Crippen LogP contribution in [0.2, 0.25) is 0 Å². The van der Waals surface area contributed by atoms with Gasteiger partial charge in [0.15, 0.2) is 0 Å². The number of para-hydroxylation sites is 2. The third kappa shape index (κ3) is 3.05. The molecule has 0 aromatic heterocycles. The standard InChI is InChI=1S/C17H26N2O2/c1-16(2)14(17(16,3)4)10-18-11-15(20)19-12-8-6-7-9-13(12)21-5/h6-9,14,18H,10-11H2,1-5H3,(H,19,20). The van der Waals surface area contributed by atoms with Gasteiger partial charge in [-0.05, 0) is 35.4 Å². The van der Waals surface area contributed by atoms with Crippen molar-refractivity contribution < 1.29 is 9.53 Å². The van der Waals surface area contributed by atoms with Crippen LogP contribution in [0.5, 0.6) is 5.75 Å². The van der Waals surface area contributed by atoms with E-state index >= 15 is 0 Å². The molecule has 1 amide bonds. The molecule has 0 bridgehead atoms. The zero-order valence-corrected chi connectivity index (χ0v) is 13.6. The number of hydrogen-bond donors (Lipinski definition) is 2. The molecule has 0 radical (unpaired) electrons. The first kappa shape index (κ1) is 15.8. The molecule has 2 rings (SSSR count). The van der Waals surface area contributed by atoms with Crippen molar-refractivity contribution in [3.05, 3.63) is 24.3 Å². The van der Waals surface area contributed by atoms with Gasteiger partial charge in [0, 0.05) is 0 Å². The van der Waals surface area contributed by atoms with Gasteiger partial charge in [-0.15, -0.1) is 0 Å². The maximum Gasteiger partial charge on any atom is 0.238 e. The summed E-state index contributed by atoms with van der Waals surface area (Å²) in [6.45, 7) is 10.3. The number of amides is 1. The SMILES string of the molecule is COc1ccccc1NC(=O)CNCC1C(C)(C)C1(C)C. The molecule has 4 nitrogen and oxygen atoms in total. The summed E-state index contributed by atoms with van der Waals surface area (Å²) < 4.78 is 5.22. The third-order valence-electron chi connectivity index (χ3n) is 5.33. The summed E-state index contributed by atoms with van der Waals surface area (Å²) in [6.07, 6.45) is 0. The zero-order valence-electron chi connectivity index (χ0n) is 13.6. The predicted molar refractivity (Wildman–Crippen MR) is 85.5 cm³/mol. The Bertz CT molecular complexity index is 509. The fourth-order valence-electron chi connectivity index (χ4n) is 3.12. The Balaban J connectivity index is 1.79. The Kier molecular flexibility index (Phi) is 4.28. The summed E-state index contributed by atoms with van der Waals surface area (Å²) in [5.74, 6) is 1.25. The lowest BCUT2D eigenvalue weighted by molar-refractivity contribution is -0.115. The first-order chi connectivity index (χ1) is 9.80. The van der Waals surface area contributed by atoms with Gasteiger partial charge in [0.1, 0.15) is 5.75 Å². The van der Waals surface area contributed by atoms with Crippen LogP contribution in [0.15, 0.2) is 24.3 Å². The van der Waals surface area contributed by atoms with Crippen LogP contribution in [-0.2, 0) is 4.79 Å². The van der Waals surface area contributed by atoms with Crippen LogP contribution in [-0.4, -0.2) is 26.1 Å². The molecular formula is C17H26N2O2. The van der Waals surface area contributed by atoms with E-state index in [0.29, 0.717) is 34.7 Å². The number of anilines is 1. The van der Waals surface area contributed by atoms with E-state index in [2.05, 4.69) is 38.3 Å². The number of carbonyl (C=O) groups is 1. The molecular weight excluding hydrogens is 264 g/mol. The van der Waals surface area contributed by atoms with Crippen molar-refractivity contribution in [3.63, 3.8) is 0 Å². The van der Waals surface area contributed by atoms with Gasteiger partial charge in [-0.25, -0.2) is 0 Å². The van der Waals surface area contributed by atoms with Gasteiger partial charge in [-0.2, -0.15) is 0 Å². The minimum atomic E-state index is -0.0456. The first-order valence-corrected chi connectivity index (χ1v) is 7.44. The van der Waals surface area contributed by atoms with E-state index in [4.69, 9.17) is 4.74 Å². The molecule has 0 spiro atoms. The van der Waals surface area contributed by atoms with Crippen LogP contribution in [0, 0.1) is 16.7 Å². The summed E-state index contributed by atoms with van der Waals surface area (Å²) in [5.41, 5.74) is 1.40. The molecule has 21 heavy (non-hydrogen) atoms. The fourth-order valence-corrected chi connectivity index (χ4v) is 3.12. The van der Waals surface area contributed by atoms with Gasteiger partial charge >= 0.3 is 0 Å². The molecule has 1 aromatic carbocycles. The van der Waals surface area contributed by atoms with E-state index in [-0.39, 0.29) is 5.91 Å². The number of methoxy groups -OCH3 is 1. The van der Waals surface area contributed by atoms with Crippen LogP contribution in [0.25, 0.3) is 0 Å². The molecule has 116 valence electrons. The maximum atomic E-state index is 12.0. The second-order valence-electron chi connectivity index (χ2n) is 6.88. The second kappa shape index (κ2) is 5.68. The quantitative estimate of drug-likeness (QED) is 0.847. The average molecular weight is 290 g/mol. The van der Waals surface area contributed by atoms with Crippen molar-refractivity contribution in [3.8, 4) is 5.75 Å². The van der Waals surface area contributed by atoms with Crippen molar-refractivity contribution >= 4 is 11.6 Å². The average Bonchev–Trinajstić information content (AvgIpc) is 2.81. The van der Waals surface area contributed by atoms with Gasteiger partial charge in [0.2, 0.25) is 5.91 Å². The van der Waals surface area contributed by atoms with Crippen LogP contribution in [0.1, 0.15) is 27.7 Å². The van der Waals surface area contributed by atoms with Crippen molar-refractivity contribution in [1.82, 2.24) is 5.32 Å². The lowest BCUT2D eigenvalue weighted by Crippen LogP contribution is -2.30. The highest BCUT2D eigenvalue weighted by Gasteiger charge is 2.63. The summed E-state index contributed by atoms with van der Waals surface area (Å²) in [4.78, 5) is 12.0. The predicted octanol–water partition coefficient (Wildman–Crippen LogP) is 2.91. The van der Waals surface area contributed by atoms with Crippen molar-refractivity contribution in [1.29, 1.82) is 0 Å². The summed E-state index contributed by atoms with van der Waals surface area (Å²) in [7, 11) is 1.60. The number of nitrogens with one attached hydrogen (secondary N) is 2. The number of hydrogen-bond acceptors (Lipinski definition) is 3. The van der Waals surface area contributed by atoms with Crippen molar-refractivity contribution in [2.24, 2.45) is 16.7 Å². The molecule has 0 aliphatic heterocycles. The van der Waals surface area contributed by atoms with Gasteiger partial charge in [-0.3, -0.25) is 4.79 Å². The molecule has 1 fully saturated rings. The molecule has 0 unspecified atom stereocenters. The van der Waals surface area contributed by atoms with Crippen molar-refractivity contribution in [2.45, 2.75) is 27.7 Å². The molecule has 4 heteroatoms. The van der Waals surface area contributed by atoms with E-state index < -0.39 is 0 Å². The van der Waals surface area contributed by atoms with Crippen LogP contribution < -0.4 is 15.4 Å². The minimum absolute atomic E-state index is 0.0456. The number of benzene rings is 1. The number of ether oxygens (including phenoxy) is 1. The van der Waals surface area contributed by atoms with E-state index in [0.717, 1.165) is 6.54 Å². The van der Waals surface area contributed by atoms with E-state index in [1.807, 2.05) is 24.3 Å². The van der Waals surface area contributed by atoms with E-state index in [9.17, 15) is 4.79 Å². The number of carbonyl (C=O) groups excluding carboxylic acids is 1. The van der Waals surface area contributed by atoms with Crippen molar-refractivity contribution in [2.75, 3.05) is 25.5 Å². The van der Waals surface area contributed by atoms with Gasteiger partial charge in [0.25, 0.3) is 0 Å². The smallest absolute Gasteiger partial charge is 0.238 e. The Hall–Kier alpha value is -1.55. The molecule has 0 atom stereocenters. The molecule has 0 saturated heterocycles. The highest BCUT2D eigenvalue weighted by molar-refractivity contribution is 5.93. The lowest BCUT2D eigenvalue weighted by Gasteiger charge is -2.10. The van der Waals surface area contributed by atoms with E-state index in [1.165, 1.54) is 0 Å². The third-order valence-corrected chi connectivity index (χ3v) is 5.33. The van der Waals surface area contributed by atoms with Crippen LogP contribution in [0.4, 0.5) is 5.69 Å². The molecule has 1 saturated carbocycles. The summed E-state index contributed by atoms with van der Waals surface area (Å²) >= 11 is 0. The Morgan fingerprint density at radius 1 is 1.19 bits per heavy atom. The Morgan fingerprint density at radius 2 is 1.81 bits per heavy atom. The molecule has 2 N–H and O–H groups in total. The minimum Gasteiger partial charge on any atom is -0.495 e. The monoisotopic (exact) mass is 290 g/mol. The first-order valence-electron chi connectivity index (χ1n) is 7.44. The van der Waals surface area contributed by atoms with Crippen LogP contribution in [0.3, 0.4) is 0 Å².